The van der Waals surface area contributed by atoms with Gasteiger partial charge in [-0.2, -0.15) is 0 Å². The Hall–Kier alpha value is -0.860. The van der Waals surface area contributed by atoms with Crippen LogP contribution in [0.25, 0.3) is 0 Å². The fraction of sp³-hybridized carbons (Fsp3) is 0.571. The van der Waals surface area contributed by atoms with Gasteiger partial charge in [0.05, 0.1) is 13.2 Å². The molecule has 1 aliphatic rings. The van der Waals surface area contributed by atoms with Gasteiger partial charge in [-0.1, -0.05) is 18.2 Å². The van der Waals surface area contributed by atoms with Gasteiger partial charge in [0, 0.05) is 12.0 Å². The molecule has 16 heavy (non-hydrogen) atoms. The quantitative estimate of drug-likeness (QED) is 0.846. The molecule has 1 aromatic rings. The molecule has 88 valence electrons. The maximum absolute atomic E-state index is 9.52. The van der Waals surface area contributed by atoms with Crippen molar-refractivity contribution in [3.05, 3.63) is 34.9 Å². The Kier molecular flexibility index (Phi) is 3.31. The normalized spacial score (nSPS) is 24.9. The number of rotatable bonds is 3. The highest BCUT2D eigenvalue weighted by Gasteiger charge is 2.34. The van der Waals surface area contributed by atoms with Gasteiger partial charge >= 0.3 is 0 Å². The van der Waals surface area contributed by atoms with E-state index in [4.69, 9.17) is 4.74 Å². The Labute approximate surface area is 97.3 Å². The Morgan fingerprint density at radius 1 is 1.31 bits per heavy atom. The fourth-order valence-electron chi connectivity index (χ4n) is 2.32. The van der Waals surface area contributed by atoms with Crippen LogP contribution in [0.2, 0.25) is 0 Å². The zero-order valence-electron chi connectivity index (χ0n) is 10.1. The van der Waals surface area contributed by atoms with Crippen LogP contribution >= 0.6 is 0 Å². The number of ether oxygens (including phenoxy) is 1. The van der Waals surface area contributed by atoms with E-state index in [1.165, 1.54) is 16.7 Å². The lowest BCUT2D eigenvalue weighted by molar-refractivity contribution is 0.0935. The number of aryl methyl sites for hydroxylation is 2. The average molecular weight is 220 g/mol. The van der Waals surface area contributed by atoms with E-state index in [0.717, 1.165) is 19.4 Å². The lowest BCUT2D eigenvalue weighted by atomic mass is 9.81. The van der Waals surface area contributed by atoms with Crippen LogP contribution in [0, 0.1) is 19.3 Å². The Morgan fingerprint density at radius 3 is 2.69 bits per heavy atom. The molecule has 2 nitrogen and oxygen atoms in total. The van der Waals surface area contributed by atoms with Crippen molar-refractivity contribution in [2.45, 2.75) is 26.7 Å². The van der Waals surface area contributed by atoms with Crippen molar-refractivity contribution in [2.24, 2.45) is 5.41 Å². The second-order valence-electron chi connectivity index (χ2n) is 5.06. The molecule has 2 heteroatoms. The second-order valence-corrected chi connectivity index (χ2v) is 5.06. The van der Waals surface area contributed by atoms with Gasteiger partial charge in [0.2, 0.25) is 0 Å². The van der Waals surface area contributed by atoms with Crippen LogP contribution in [0.15, 0.2) is 18.2 Å². The van der Waals surface area contributed by atoms with Gasteiger partial charge < -0.3 is 9.84 Å². The molecule has 1 N–H and O–H groups in total. The molecule has 1 aliphatic heterocycles. The lowest BCUT2D eigenvalue weighted by Crippen LogP contribution is -2.28. The largest absolute Gasteiger partial charge is 0.396 e. The van der Waals surface area contributed by atoms with Crippen molar-refractivity contribution in [1.82, 2.24) is 0 Å². The molecule has 2 rings (SSSR count). The molecular weight excluding hydrogens is 200 g/mol. The molecule has 1 heterocycles. The van der Waals surface area contributed by atoms with Gasteiger partial charge in [-0.25, -0.2) is 0 Å². The second kappa shape index (κ2) is 4.56. The van der Waals surface area contributed by atoms with Gasteiger partial charge in [0.25, 0.3) is 0 Å². The summed E-state index contributed by atoms with van der Waals surface area (Å²) in [5.74, 6) is 0. The third-order valence-corrected chi connectivity index (χ3v) is 3.67. The summed E-state index contributed by atoms with van der Waals surface area (Å²) >= 11 is 0. The summed E-state index contributed by atoms with van der Waals surface area (Å²) in [6.45, 7) is 5.96. The van der Waals surface area contributed by atoms with Gasteiger partial charge in [-0.05, 0) is 43.4 Å². The highest BCUT2D eigenvalue weighted by molar-refractivity contribution is 5.30. The summed E-state index contributed by atoms with van der Waals surface area (Å²) in [5, 5.41) is 9.52. The van der Waals surface area contributed by atoms with Crippen molar-refractivity contribution in [3.63, 3.8) is 0 Å². The number of aliphatic hydroxyl groups excluding tert-OH is 1. The standard InChI is InChI=1S/C14H20O2/c1-11-3-4-13(7-12(11)2)8-14(9-15)5-6-16-10-14/h3-4,7,15H,5-6,8-10H2,1-2H3. The number of hydrogen-bond donors (Lipinski definition) is 1. The zero-order chi connectivity index (χ0) is 11.6. The molecule has 1 unspecified atom stereocenters. The minimum atomic E-state index is -0.0400. The van der Waals surface area contributed by atoms with E-state index in [0.29, 0.717) is 6.61 Å². The van der Waals surface area contributed by atoms with Gasteiger partial charge in [-0.3, -0.25) is 0 Å². The first-order valence-electron chi connectivity index (χ1n) is 5.90. The van der Waals surface area contributed by atoms with E-state index >= 15 is 0 Å². The summed E-state index contributed by atoms with van der Waals surface area (Å²) in [6.07, 6.45) is 1.89. The SMILES string of the molecule is Cc1ccc(CC2(CO)CCOC2)cc1C. The minimum Gasteiger partial charge on any atom is -0.396 e. The van der Waals surface area contributed by atoms with E-state index in [1.54, 1.807) is 0 Å². The summed E-state index contributed by atoms with van der Waals surface area (Å²) < 4.78 is 5.42. The molecule has 1 fully saturated rings. The van der Waals surface area contributed by atoms with Crippen LogP contribution < -0.4 is 0 Å². The van der Waals surface area contributed by atoms with E-state index in [9.17, 15) is 5.11 Å². The predicted octanol–water partition coefficient (Wildman–Crippen LogP) is 2.24. The summed E-state index contributed by atoms with van der Waals surface area (Å²) in [6, 6.07) is 6.55. The van der Waals surface area contributed by atoms with Gasteiger partial charge in [0.15, 0.2) is 0 Å². The molecule has 0 amide bonds. The number of hydrogen-bond acceptors (Lipinski definition) is 2. The summed E-state index contributed by atoms with van der Waals surface area (Å²) in [7, 11) is 0. The maximum Gasteiger partial charge on any atom is 0.0548 e. The Balaban J connectivity index is 2.16. The molecule has 0 saturated carbocycles. The van der Waals surface area contributed by atoms with E-state index < -0.39 is 0 Å². The average Bonchev–Trinajstić information content (AvgIpc) is 2.73. The minimum absolute atomic E-state index is 0.0400. The predicted molar refractivity (Wildman–Crippen MR) is 64.6 cm³/mol. The maximum atomic E-state index is 9.52. The highest BCUT2D eigenvalue weighted by atomic mass is 16.5. The van der Waals surface area contributed by atoms with Crippen LogP contribution in [-0.2, 0) is 11.2 Å². The molecule has 1 saturated heterocycles. The molecule has 1 aromatic carbocycles. The van der Waals surface area contributed by atoms with Crippen molar-refractivity contribution in [2.75, 3.05) is 19.8 Å². The first-order chi connectivity index (χ1) is 7.65. The van der Waals surface area contributed by atoms with E-state index in [1.807, 2.05) is 0 Å². The third-order valence-electron chi connectivity index (χ3n) is 3.67. The Bertz CT molecular complexity index is 365. The van der Waals surface area contributed by atoms with Crippen molar-refractivity contribution >= 4 is 0 Å². The van der Waals surface area contributed by atoms with Gasteiger partial charge in [-0.15, -0.1) is 0 Å². The highest BCUT2D eigenvalue weighted by Crippen LogP contribution is 2.32. The molecule has 0 radical (unpaired) electrons. The van der Waals surface area contributed by atoms with Crippen LogP contribution in [0.1, 0.15) is 23.1 Å². The van der Waals surface area contributed by atoms with Crippen LogP contribution in [0.4, 0.5) is 0 Å². The van der Waals surface area contributed by atoms with E-state index in [-0.39, 0.29) is 12.0 Å². The van der Waals surface area contributed by atoms with Crippen LogP contribution in [-0.4, -0.2) is 24.9 Å². The van der Waals surface area contributed by atoms with Crippen molar-refractivity contribution < 1.29 is 9.84 Å². The Morgan fingerprint density at radius 2 is 2.12 bits per heavy atom. The number of benzene rings is 1. The molecule has 0 bridgehead atoms. The van der Waals surface area contributed by atoms with Crippen LogP contribution in [0.3, 0.4) is 0 Å². The fourth-order valence-corrected chi connectivity index (χ4v) is 2.32. The van der Waals surface area contributed by atoms with Crippen molar-refractivity contribution in [1.29, 1.82) is 0 Å². The summed E-state index contributed by atoms with van der Waals surface area (Å²) in [4.78, 5) is 0. The van der Waals surface area contributed by atoms with Gasteiger partial charge in [0.1, 0.15) is 0 Å². The topological polar surface area (TPSA) is 29.5 Å². The van der Waals surface area contributed by atoms with Crippen LogP contribution in [0.5, 0.6) is 0 Å². The zero-order valence-corrected chi connectivity index (χ0v) is 10.1. The molecule has 1 atom stereocenters. The van der Waals surface area contributed by atoms with Crippen molar-refractivity contribution in [3.8, 4) is 0 Å². The smallest absolute Gasteiger partial charge is 0.0548 e. The molecule has 0 aromatic heterocycles. The first-order valence-corrected chi connectivity index (χ1v) is 5.90. The molecule has 0 aliphatic carbocycles. The lowest BCUT2D eigenvalue weighted by Gasteiger charge is -2.24. The third kappa shape index (κ3) is 2.28. The summed E-state index contributed by atoms with van der Waals surface area (Å²) in [5.41, 5.74) is 3.92. The monoisotopic (exact) mass is 220 g/mol. The number of aliphatic hydroxyl groups is 1. The van der Waals surface area contributed by atoms with E-state index in [2.05, 4.69) is 32.0 Å². The molecule has 0 spiro atoms. The molecular formula is C14H20O2. The first kappa shape index (κ1) is 11.6.